The van der Waals surface area contributed by atoms with Crippen molar-refractivity contribution >= 4 is 21.7 Å². The van der Waals surface area contributed by atoms with E-state index in [0.717, 1.165) is 0 Å². The third-order valence-corrected chi connectivity index (χ3v) is 2.77. The second kappa shape index (κ2) is 4.47. The summed E-state index contributed by atoms with van der Waals surface area (Å²) in [5.41, 5.74) is 6.41. The predicted octanol–water partition coefficient (Wildman–Crippen LogP) is 2.50. The lowest BCUT2D eigenvalue weighted by Crippen LogP contribution is -1.99. The number of benzene rings is 1. The van der Waals surface area contributed by atoms with E-state index in [1.807, 2.05) is 6.07 Å². The minimum absolute atomic E-state index is 0.105. The molecule has 1 heterocycles. The van der Waals surface area contributed by atoms with Gasteiger partial charge in [0.2, 0.25) is 0 Å². The molecule has 0 atom stereocenters. The normalized spacial score (nSPS) is 9.94. The van der Waals surface area contributed by atoms with Crippen LogP contribution in [-0.4, -0.2) is 9.97 Å². The third kappa shape index (κ3) is 2.24. The van der Waals surface area contributed by atoms with Crippen LogP contribution in [0.4, 0.5) is 10.2 Å². The van der Waals surface area contributed by atoms with Gasteiger partial charge < -0.3 is 5.73 Å². The fourth-order valence-electron chi connectivity index (χ4n) is 1.28. The first-order chi connectivity index (χ1) is 8.11. The number of nitriles is 1. The fraction of sp³-hybridized carbons (Fsp3) is 0. The van der Waals surface area contributed by atoms with Crippen molar-refractivity contribution in [2.24, 2.45) is 0 Å². The zero-order valence-electron chi connectivity index (χ0n) is 8.48. The zero-order valence-corrected chi connectivity index (χ0v) is 10.1. The Hall–Kier alpha value is -2.00. The van der Waals surface area contributed by atoms with E-state index in [4.69, 9.17) is 11.0 Å². The molecule has 0 saturated carbocycles. The van der Waals surface area contributed by atoms with Gasteiger partial charge in [0, 0.05) is 10.0 Å². The van der Waals surface area contributed by atoms with Gasteiger partial charge in [-0.2, -0.15) is 5.26 Å². The molecule has 0 saturated heterocycles. The standard InChI is InChI=1S/C11H6BrFN4/c12-9-3-7(13)1-2-8(9)11-16-5-6(4-14)10(15)17-11/h1-3,5H,(H2,15,16,17). The van der Waals surface area contributed by atoms with Crippen molar-refractivity contribution in [3.63, 3.8) is 0 Å². The Morgan fingerprint density at radius 2 is 2.18 bits per heavy atom. The fourth-order valence-corrected chi connectivity index (χ4v) is 1.81. The van der Waals surface area contributed by atoms with Crippen LogP contribution in [0.3, 0.4) is 0 Å². The molecular formula is C11H6BrFN4. The summed E-state index contributed by atoms with van der Waals surface area (Å²) in [7, 11) is 0. The molecule has 0 radical (unpaired) electrons. The Balaban J connectivity index is 2.54. The average molecular weight is 293 g/mol. The summed E-state index contributed by atoms with van der Waals surface area (Å²) in [6, 6.07) is 6.03. The Morgan fingerprint density at radius 1 is 1.41 bits per heavy atom. The first kappa shape index (κ1) is 11.5. The van der Waals surface area contributed by atoms with E-state index in [1.165, 1.54) is 18.3 Å². The molecule has 0 spiro atoms. The van der Waals surface area contributed by atoms with Gasteiger partial charge in [-0.3, -0.25) is 0 Å². The number of aromatic nitrogens is 2. The van der Waals surface area contributed by atoms with Gasteiger partial charge in [0.25, 0.3) is 0 Å². The number of nitrogen functional groups attached to an aromatic ring is 1. The molecule has 2 aromatic rings. The second-order valence-electron chi connectivity index (χ2n) is 3.23. The van der Waals surface area contributed by atoms with Crippen LogP contribution in [0.1, 0.15) is 5.56 Å². The molecule has 4 nitrogen and oxygen atoms in total. The molecule has 0 bridgehead atoms. The Kier molecular flexibility index (Phi) is 3.02. The molecule has 1 aromatic carbocycles. The third-order valence-electron chi connectivity index (χ3n) is 2.11. The number of hydrogen-bond donors (Lipinski definition) is 1. The summed E-state index contributed by atoms with van der Waals surface area (Å²) >= 11 is 3.22. The summed E-state index contributed by atoms with van der Waals surface area (Å²) in [4.78, 5) is 8.00. The molecule has 6 heteroatoms. The molecule has 1 aromatic heterocycles. The van der Waals surface area contributed by atoms with Crippen LogP contribution >= 0.6 is 15.9 Å². The van der Waals surface area contributed by atoms with Crippen molar-refractivity contribution in [2.45, 2.75) is 0 Å². The molecule has 0 fully saturated rings. The van der Waals surface area contributed by atoms with E-state index in [2.05, 4.69) is 25.9 Å². The summed E-state index contributed by atoms with van der Waals surface area (Å²) in [5.74, 6) is 0.0874. The number of hydrogen-bond acceptors (Lipinski definition) is 4. The number of nitrogens with zero attached hydrogens (tertiary/aromatic N) is 3. The number of nitrogens with two attached hydrogens (primary N) is 1. The van der Waals surface area contributed by atoms with Crippen LogP contribution in [0.5, 0.6) is 0 Å². The molecule has 17 heavy (non-hydrogen) atoms. The van der Waals surface area contributed by atoms with Gasteiger partial charge in [-0.25, -0.2) is 14.4 Å². The highest BCUT2D eigenvalue weighted by Crippen LogP contribution is 2.26. The molecule has 0 amide bonds. The Bertz CT molecular complexity index is 621. The molecular weight excluding hydrogens is 287 g/mol. The van der Waals surface area contributed by atoms with E-state index >= 15 is 0 Å². The smallest absolute Gasteiger partial charge is 0.162 e. The van der Waals surface area contributed by atoms with Crippen molar-refractivity contribution in [3.8, 4) is 17.5 Å². The largest absolute Gasteiger partial charge is 0.382 e. The van der Waals surface area contributed by atoms with Gasteiger partial charge in [0.15, 0.2) is 5.82 Å². The Labute approximate surface area is 105 Å². The molecule has 2 N–H and O–H groups in total. The lowest BCUT2D eigenvalue weighted by atomic mass is 10.2. The number of anilines is 1. The van der Waals surface area contributed by atoms with Crippen molar-refractivity contribution in [1.29, 1.82) is 5.26 Å². The van der Waals surface area contributed by atoms with Gasteiger partial charge in [-0.1, -0.05) is 0 Å². The topological polar surface area (TPSA) is 75.6 Å². The van der Waals surface area contributed by atoms with Crippen LogP contribution < -0.4 is 5.73 Å². The molecule has 0 aliphatic carbocycles. The highest BCUT2D eigenvalue weighted by Gasteiger charge is 2.09. The van der Waals surface area contributed by atoms with E-state index in [1.54, 1.807) is 6.07 Å². The predicted molar refractivity (Wildman–Crippen MR) is 64.3 cm³/mol. The first-order valence-electron chi connectivity index (χ1n) is 4.60. The van der Waals surface area contributed by atoms with Gasteiger partial charge in [0.1, 0.15) is 23.3 Å². The Morgan fingerprint density at radius 3 is 2.76 bits per heavy atom. The van der Waals surface area contributed by atoms with Crippen LogP contribution in [-0.2, 0) is 0 Å². The summed E-state index contributed by atoms with van der Waals surface area (Å²) in [6.45, 7) is 0. The van der Waals surface area contributed by atoms with Gasteiger partial charge in [-0.05, 0) is 34.1 Å². The van der Waals surface area contributed by atoms with E-state index in [9.17, 15) is 4.39 Å². The lowest BCUT2D eigenvalue weighted by molar-refractivity contribution is 0.627. The maximum Gasteiger partial charge on any atom is 0.162 e. The maximum atomic E-state index is 12.9. The van der Waals surface area contributed by atoms with Crippen molar-refractivity contribution in [1.82, 2.24) is 9.97 Å². The number of halogens is 2. The average Bonchev–Trinajstić information content (AvgIpc) is 2.29. The van der Waals surface area contributed by atoms with Gasteiger partial charge in [0.05, 0.1) is 6.20 Å². The quantitative estimate of drug-likeness (QED) is 0.876. The maximum absolute atomic E-state index is 12.9. The first-order valence-corrected chi connectivity index (χ1v) is 5.39. The van der Waals surface area contributed by atoms with Gasteiger partial charge in [-0.15, -0.1) is 0 Å². The molecule has 0 aliphatic heterocycles. The van der Waals surface area contributed by atoms with E-state index < -0.39 is 0 Å². The van der Waals surface area contributed by atoms with E-state index in [0.29, 0.717) is 15.9 Å². The highest BCUT2D eigenvalue weighted by molar-refractivity contribution is 9.10. The van der Waals surface area contributed by atoms with E-state index in [-0.39, 0.29) is 17.2 Å². The molecule has 84 valence electrons. The molecule has 2 rings (SSSR count). The minimum Gasteiger partial charge on any atom is -0.382 e. The SMILES string of the molecule is N#Cc1cnc(-c2ccc(F)cc2Br)nc1N. The second-order valence-corrected chi connectivity index (χ2v) is 4.08. The van der Waals surface area contributed by atoms with Crippen LogP contribution in [0.2, 0.25) is 0 Å². The summed E-state index contributed by atoms with van der Waals surface area (Å²) in [6.07, 6.45) is 1.34. The lowest BCUT2D eigenvalue weighted by Gasteiger charge is -2.04. The summed E-state index contributed by atoms with van der Waals surface area (Å²) < 4.78 is 13.5. The minimum atomic E-state index is -0.359. The van der Waals surface area contributed by atoms with Crippen molar-refractivity contribution in [3.05, 3.63) is 40.2 Å². The van der Waals surface area contributed by atoms with Crippen LogP contribution in [0.25, 0.3) is 11.4 Å². The van der Waals surface area contributed by atoms with Crippen LogP contribution in [0, 0.1) is 17.1 Å². The highest BCUT2D eigenvalue weighted by atomic mass is 79.9. The number of rotatable bonds is 1. The zero-order chi connectivity index (χ0) is 12.4. The summed E-state index contributed by atoms with van der Waals surface area (Å²) in [5, 5.41) is 8.70. The van der Waals surface area contributed by atoms with Gasteiger partial charge >= 0.3 is 0 Å². The molecule has 0 aliphatic rings. The molecule has 0 unspecified atom stereocenters. The van der Waals surface area contributed by atoms with Crippen molar-refractivity contribution in [2.75, 3.05) is 5.73 Å². The monoisotopic (exact) mass is 292 g/mol. The van der Waals surface area contributed by atoms with Crippen LogP contribution in [0.15, 0.2) is 28.9 Å². The van der Waals surface area contributed by atoms with Crippen molar-refractivity contribution < 1.29 is 4.39 Å².